The fourth-order valence-electron chi connectivity index (χ4n) is 2.06. The smallest absolute Gasteiger partial charge is 0.405 e. The van der Waals surface area contributed by atoms with Gasteiger partial charge in [0.25, 0.3) is 5.91 Å². The van der Waals surface area contributed by atoms with Crippen LogP contribution in [0.3, 0.4) is 0 Å². The van der Waals surface area contributed by atoms with Gasteiger partial charge < -0.3 is 14.2 Å². The van der Waals surface area contributed by atoms with Gasteiger partial charge in [0.05, 0.1) is 0 Å². The summed E-state index contributed by atoms with van der Waals surface area (Å²) in [5, 5.41) is 0. The predicted molar refractivity (Wildman–Crippen MR) is 74.3 cm³/mol. The first-order valence-electron chi connectivity index (χ1n) is 6.48. The van der Waals surface area contributed by atoms with E-state index in [1.807, 2.05) is 0 Å². The number of halogens is 3. The van der Waals surface area contributed by atoms with E-state index >= 15 is 0 Å². The summed E-state index contributed by atoms with van der Waals surface area (Å²) < 4.78 is 42.8. The molecule has 0 spiro atoms. The van der Waals surface area contributed by atoms with Crippen molar-refractivity contribution < 1.29 is 22.7 Å². The first kappa shape index (κ1) is 15.9. The van der Waals surface area contributed by atoms with E-state index in [9.17, 15) is 18.0 Å². The second-order valence-electron chi connectivity index (χ2n) is 4.82. The first-order valence-corrected chi connectivity index (χ1v) is 6.48. The van der Waals surface area contributed by atoms with Crippen molar-refractivity contribution in [3.8, 4) is 5.75 Å². The average Bonchev–Trinajstić information content (AvgIpc) is 2.84. The molecular weight excluding hydrogens is 297 g/mol. The fraction of sp³-hybridized carbons (Fsp3) is 0.267. The Bertz CT molecular complexity index is 665. The maximum atomic E-state index is 12.4. The molecule has 0 radical (unpaired) electrons. The van der Waals surface area contributed by atoms with Crippen LogP contribution in [0.4, 0.5) is 13.2 Å². The van der Waals surface area contributed by atoms with Gasteiger partial charge in [-0.1, -0.05) is 18.2 Å². The lowest BCUT2D eigenvalue weighted by molar-refractivity contribution is -0.274. The molecule has 1 heterocycles. The van der Waals surface area contributed by atoms with E-state index in [1.165, 1.54) is 30.1 Å². The van der Waals surface area contributed by atoms with E-state index in [1.54, 1.807) is 36.0 Å². The van der Waals surface area contributed by atoms with E-state index in [0.717, 1.165) is 0 Å². The molecule has 118 valence electrons. The van der Waals surface area contributed by atoms with Gasteiger partial charge in [-0.2, -0.15) is 0 Å². The summed E-state index contributed by atoms with van der Waals surface area (Å²) in [6.45, 7) is 0.0102. The zero-order valence-electron chi connectivity index (χ0n) is 12.1. The summed E-state index contributed by atoms with van der Waals surface area (Å²) in [6, 6.07) is 9.14. The van der Waals surface area contributed by atoms with Gasteiger partial charge in [-0.3, -0.25) is 4.79 Å². The van der Waals surface area contributed by atoms with Gasteiger partial charge in [0.1, 0.15) is 11.4 Å². The number of ether oxygens (including phenoxy) is 1. The van der Waals surface area contributed by atoms with Crippen LogP contribution in [0.1, 0.15) is 16.1 Å². The molecule has 4 nitrogen and oxygen atoms in total. The first-order chi connectivity index (χ1) is 10.3. The Morgan fingerprint density at radius 3 is 2.50 bits per heavy atom. The van der Waals surface area contributed by atoms with Crippen LogP contribution >= 0.6 is 0 Å². The van der Waals surface area contributed by atoms with Crippen molar-refractivity contribution in [2.24, 2.45) is 7.05 Å². The molecule has 0 saturated carbocycles. The molecule has 0 unspecified atom stereocenters. The monoisotopic (exact) mass is 312 g/mol. The Labute approximate surface area is 125 Å². The molecule has 0 aliphatic carbocycles. The molecule has 2 aromatic rings. The number of aromatic nitrogens is 1. The van der Waals surface area contributed by atoms with E-state index in [-0.39, 0.29) is 23.8 Å². The third-order valence-corrected chi connectivity index (χ3v) is 3.12. The number of hydrogen-bond acceptors (Lipinski definition) is 2. The molecule has 0 N–H and O–H groups in total. The van der Waals surface area contributed by atoms with Crippen LogP contribution in [0.5, 0.6) is 5.75 Å². The molecule has 0 aliphatic rings. The highest BCUT2D eigenvalue weighted by Crippen LogP contribution is 2.27. The van der Waals surface area contributed by atoms with Crippen molar-refractivity contribution in [1.29, 1.82) is 0 Å². The van der Waals surface area contributed by atoms with Crippen molar-refractivity contribution >= 4 is 5.91 Å². The van der Waals surface area contributed by atoms with Gasteiger partial charge >= 0.3 is 6.36 Å². The lowest BCUT2D eigenvalue weighted by atomic mass is 10.2. The Morgan fingerprint density at radius 2 is 1.91 bits per heavy atom. The number of rotatable bonds is 4. The maximum Gasteiger partial charge on any atom is 0.573 e. The van der Waals surface area contributed by atoms with Crippen LogP contribution in [-0.2, 0) is 13.6 Å². The molecule has 0 atom stereocenters. The third-order valence-electron chi connectivity index (χ3n) is 3.12. The van der Waals surface area contributed by atoms with Crippen LogP contribution in [0.15, 0.2) is 42.6 Å². The highest BCUT2D eigenvalue weighted by atomic mass is 19.4. The zero-order chi connectivity index (χ0) is 16.3. The number of nitrogens with zero attached hydrogens (tertiary/aromatic N) is 2. The number of para-hydroxylation sites is 1. The molecule has 0 saturated heterocycles. The van der Waals surface area contributed by atoms with Crippen LogP contribution in [0, 0.1) is 0 Å². The summed E-state index contributed by atoms with van der Waals surface area (Å²) in [6.07, 6.45) is -3.04. The Kier molecular flexibility index (Phi) is 4.44. The quantitative estimate of drug-likeness (QED) is 0.869. The van der Waals surface area contributed by atoms with Crippen molar-refractivity contribution in [1.82, 2.24) is 9.47 Å². The second-order valence-corrected chi connectivity index (χ2v) is 4.82. The molecular formula is C15H15F3N2O2. The zero-order valence-corrected chi connectivity index (χ0v) is 12.1. The number of hydrogen-bond donors (Lipinski definition) is 0. The molecule has 0 aliphatic heterocycles. The minimum atomic E-state index is -4.77. The number of carbonyl (C=O) groups excluding carboxylic acids is 1. The normalized spacial score (nSPS) is 11.3. The molecule has 1 aromatic heterocycles. The van der Waals surface area contributed by atoms with Crippen molar-refractivity contribution in [2.45, 2.75) is 12.9 Å². The van der Waals surface area contributed by atoms with Crippen molar-refractivity contribution in [3.05, 3.63) is 53.9 Å². The highest BCUT2D eigenvalue weighted by Gasteiger charge is 2.32. The third kappa shape index (κ3) is 3.81. The SMILES string of the molecule is CN(Cc1ccccc1OC(F)(F)F)C(=O)c1cccn1C. The van der Waals surface area contributed by atoms with Crippen molar-refractivity contribution in [3.63, 3.8) is 0 Å². The van der Waals surface area contributed by atoms with Gasteiger partial charge in [-0.25, -0.2) is 0 Å². The predicted octanol–water partition coefficient (Wildman–Crippen LogP) is 3.20. The van der Waals surface area contributed by atoms with Gasteiger partial charge in [-0.05, 0) is 18.2 Å². The van der Waals surface area contributed by atoms with Gasteiger partial charge in [0, 0.05) is 32.4 Å². The summed E-state index contributed by atoms with van der Waals surface area (Å²) in [5.74, 6) is -0.587. The topological polar surface area (TPSA) is 34.5 Å². The molecule has 0 bridgehead atoms. The number of benzene rings is 1. The summed E-state index contributed by atoms with van der Waals surface area (Å²) in [4.78, 5) is 13.6. The number of amides is 1. The van der Waals surface area contributed by atoms with Crippen LogP contribution < -0.4 is 4.74 Å². The van der Waals surface area contributed by atoms with Crippen LogP contribution in [-0.4, -0.2) is 28.8 Å². The Balaban J connectivity index is 2.17. The van der Waals surface area contributed by atoms with E-state index in [0.29, 0.717) is 5.69 Å². The molecule has 1 amide bonds. The second kappa shape index (κ2) is 6.13. The summed E-state index contributed by atoms with van der Waals surface area (Å²) in [5.41, 5.74) is 0.738. The number of alkyl halides is 3. The standard InChI is InChI=1S/C15H15F3N2O2/c1-19-9-5-7-12(19)14(21)20(2)10-11-6-3-4-8-13(11)22-15(16,17)18/h3-9H,10H2,1-2H3. The minimum Gasteiger partial charge on any atom is -0.405 e. The average molecular weight is 312 g/mol. The molecule has 22 heavy (non-hydrogen) atoms. The van der Waals surface area contributed by atoms with Crippen molar-refractivity contribution in [2.75, 3.05) is 7.05 Å². The van der Waals surface area contributed by atoms with E-state index in [2.05, 4.69) is 4.74 Å². The van der Waals surface area contributed by atoms with E-state index < -0.39 is 6.36 Å². The Morgan fingerprint density at radius 1 is 1.23 bits per heavy atom. The molecule has 1 aromatic carbocycles. The number of carbonyl (C=O) groups is 1. The van der Waals surface area contributed by atoms with Crippen LogP contribution in [0.2, 0.25) is 0 Å². The lowest BCUT2D eigenvalue weighted by Crippen LogP contribution is -2.28. The highest BCUT2D eigenvalue weighted by molar-refractivity contribution is 5.92. The minimum absolute atomic E-state index is 0.0102. The fourth-order valence-corrected chi connectivity index (χ4v) is 2.06. The number of aryl methyl sites for hydroxylation is 1. The largest absolute Gasteiger partial charge is 0.573 e. The van der Waals surface area contributed by atoms with Gasteiger partial charge in [-0.15, -0.1) is 13.2 Å². The van der Waals surface area contributed by atoms with Gasteiger partial charge in [0.2, 0.25) is 0 Å². The molecule has 2 rings (SSSR count). The maximum absolute atomic E-state index is 12.4. The Hall–Kier alpha value is -2.44. The summed E-state index contributed by atoms with van der Waals surface area (Å²) >= 11 is 0. The molecule has 0 fully saturated rings. The summed E-state index contributed by atoms with van der Waals surface area (Å²) in [7, 11) is 3.25. The van der Waals surface area contributed by atoms with Gasteiger partial charge in [0.15, 0.2) is 0 Å². The van der Waals surface area contributed by atoms with E-state index in [4.69, 9.17) is 0 Å². The molecule has 7 heteroatoms. The lowest BCUT2D eigenvalue weighted by Gasteiger charge is -2.20. The van der Waals surface area contributed by atoms with Crippen LogP contribution in [0.25, 0.3) is 0 Å².